The molecule has 0 radical (unpaired) electrons. The molecule has 0 saturated heterocycles. The molecule has 2 aromatic rings. The zero-order chi connectivity index (χ0) is 11.4. The SMILES string of the molecule is Cc1cc(/C=C/c2ccccc2)ccc1O. The molecule has 0 aromatic heterocycles. The Balaban J connectivity index is 2.21. The van der Waals surface area contributed by atoms with Crippen LogP contribution in [0.3, 0.4) is 0 Å². The van der Waals surface area contributed by atoms with Crippen LogP contribution < -0.4 is 0 Å². The maximum atomic E-state index is 9.40. The van der Waals surface area contributed by atoms with Gasteiger partial charge in [0.2, 0.25) is 0 Å². The molecule has 0 atom stereocenters. The first-order chi connectivity index (χ1) is 7.75. The first kappa shape index (κ1) is 10.5. The highest BCUT2D eigenvalue weighted by molar-refractivity contribution is 5.70. The zero-order valence-electron chi connectivity index (χ0n) is 9.22. The van der Waals surface area contributed by atoms with Crippen molar-refractivity contribution in [3.05, 3.63) is 65.2 Å². The van der Waals surface area contributed by atoms with E-state index in [0.29, 0.717) is 5.75 Å². The summed E-state index contributed by atoms with van der Waals surface area (Å²) in [6, 6.07) is 15.7. The van der Waals surface area contributed by atoms with Crippen molar-refractivity contribution in [2.45, 2.75) is 6.92 Å². The van der Waals surface area contributed by atoms with Gasteiger partial charge in [-0.1, -0.05) is 48.6 Å². The highest BCUT2D eigenvalue weighted by atomic mass is 16.3. The van der Waals surface area contributed by atoms with Crippen molar-refractivity contribution in [2.24, 2.45) is 0 Å². The van der Waals surface area contributed by atoms with Crippen LogP contribution in [-0.4, -0.2) is 5.11 Å². The van der Waals surface area contributed by atoms with Gasteiger partial charge < -0.3 is 5.11 Å². The Kier molecular flexibility index (Phi) is 3.06. The van der Waals surface area contributed by atoms with E-state index in [2.05, 4.69) is 18.2 Å². The average molecular weight is 210 g/mol. The lowest BCUT2D eigenvalue weighted by Gasteiger charge is -1.99. The molecular formula is C15H14O. The number of phenolic OH excluding ortho intramolecular Hbond substituents is 1. The zero-order valence-corrected chi connectivity index (χ0v) is 9.22. The van der Waals surface area contributed by atoms with Gasteiger partial charge in [-0.15, -0.1) is 0 Å². The molecular weight excluding hydrogens is 196 g/mol. The largest absolute Gasteiger partial charge is 0.508 e. The van der Waals surface area contributed by atoms with Crippen molar-refractivity contribution < 1.29 is 5.11 Å². The third-order valence-electron chi connectivity index (χ3n) is 2.49. The molecule has 1 nitrogen and oxygen atoms in total. The Morgan fingerprint density at radius 2 is 1.56 bits per heavy atom. The second kappa shape index (κ2) is 4.67. The summed E-state index contributed by atoms with van der Waals surface area (Å²) in [5.41, 5.74) is 3.17. The Bertz CT molecular complexity index is 498. The Hall–Kier alpha value is -2.02. The minimum absolute atomic E-state index is 0.344. The van der Waals surface area contributed by atoms with Gasteiger partial charge in [0.15, 0.2) is 0 Å². The summed E-state index contributed by atoms with van der Waals surface area (Å²) in [5.74, 6) is 0.344. The minimum Gasteiger partial charge on any atom is -0.508 e. The van der Waals surface area contributed by atoms with Crippen LogP contribution in [-0.2, 0) is 0 Å². The standard InChI is InChI=1S/C15H14O/c1-12-11-14(9-10-15(12)16)8-7-13-5-3-2-4-6-13/h2-11,16H,1H3/b8-7+. The first-order valence-corrected chi connectivity index (χ1v) is 5.28. The summed E-state index contributed by atoms with van der Waals surface area (Å²) in [4.78, 5) is 0. The van der Waals surface area contributed by atoms with Crippen LogP contribution in [0.15, 0.2) is 48.5 Å². The van der Waals surface area contributed by atoms with Crippen molar-refractivity contribution in [2.75, 3.05) is 0 Å². The van der Waals surface area contributed by atoms with Gasteiger partial charge in [0.05, 0.1) is 0 Å². The third kappa shape index (κ3) is 2.51. The topological polar surface area (TPSA) is 20.2 Å². The van der Waals surface area contributed by atoms with Crippen LogP contribution in [0.5, 0.6) is 5.75 Å². The van der Waals surface area contributed by atoms with E-state index in [1.807, 2.05) is 43.3 Å². The molecule has 0 spiro atoms. The molecule has 0 bridgehead atoms. The highest BCUT2D eigenvalue weighted by Gasteiger charge is 1.94. The van der Waals surface area contributed by atoms with Gasteiger partial charge in [-0.25, -0.2) is 0 Å². The summed E-state index contributed by atoms with van der Waals surface area (Å²) >= 11 is 0. The van der Waals surface area contributed by atoms with E-state index in [1.165, 1.54) is 5.56 Å². The van der Waals surface area contributed by atoms with Crippen molar-refractivity contribution >= 4 is 12.2 Å². The van der Waals surface area contributed by atoms with E-state index >= 15 is 0 Å². The smallest absolute Gasteiger partial charge is 0.118 e. The van der Waals surface area contributed by atoms with Gasteiger partial charge in [-0.05, 0) is 35.7 Å². The third-order valence-corrected chi connectivity index (χ3v) is 2.49. The lowest BCUT2D eigenvalue weighted by atomic mass is 10.1. The van der Waals surface area contributed by atoms with Crippen LogP contribution in [0, 0.1) is 6.92 Å². The molecule has 0 aliphatic heterocycles. The normalized spacial score (nSPS) is 10.8. The Labute approximate surface area is 95.7 Å². The minimum atomic E-state index is 0.344. The van der Waals surface area contributed by atoms with E-state index < -0.39 is 0 Å². The quantitative estimate of drug-likeness (QED) is 0.746. The van der Waals surface area contributed by atoms with Crippen LogP contribution in [0.25, 0.3) is 12.2 Å². The highest BCUT2D eigenvalue weighted by Crippen LogP contribution is 2.18. The van der Waals surface area contributed by atoms with Gasteiger partial charge in [-0.2, -0.15) is 0 Å². The van der Waals surface area contributed by atoms with E-state index in [-0.39, 0.29) is 0 Å². The number of rotatable bonds is 2. The van der Waals surface area contributed by atoms with Crippen LogP contribution in [0.2, 0.25) is 0 Å². The predicted octanol–water partition coefficient (Wildman–Crippen LogP) is 3.87. The van der Waals surface area contributed by atoms with Crippen LogP contribution >= 0.6 is 0 Å². The van der Waals surface area contributed by atoms with Gasteiger partial charge in [-0.3, -0.25) is 0 Å². The molecule has 2 aromatic carbocycles. The van der Waals surface area contributed by atoms with E-state index in [4.69, 9.17) is 0 Å². The number of benzene rings is 2. The summed E-state index contributed by atoms with van der Waals surface area (Å²) < 4.78 is 0. The molecule has 0 aliphatic carbocycles. The van der Waals surface area contributed by atoms with Crippen molar-refractivity contribution in [1.29, 1.82) is 0 Å². The molecule has 2 rings (SSSR count). The maximum absolute atomic E-state index is 9.40. The van der Waals surface area contributed by atoms with Gasteiger partial charge in [0.1, 0.15) is 5.75 Å². The number of aromatic hydroxyl groups is 1. The second-order valence-electron chi connectivity index (χ2n) is 3.79. The van der Waals surface area contributed by atoms with Gasteiger partial charge >= 0.3 is 0 Å². The molecule has 0 fully saturated rings. The number of hydrogen-bond donors (Lipinski definition) is 1. The summed E-state index contributed by atoms with van der Waals surface area (Å²) in [5, 5.41) is 9.40. The molecule has 1 heteroatoms. The van der Waals surface area contributed by atoms with E-state index in [1.54, 1.807) is 6.07 Å². The Morgan fingerprint density at radius 1 is 0.875 bits per heavy atom. The van der Waals surface area contributed by atoms with Gasteiger partial charge in [0.25, 0.3) is 0 Å². The summed E-state index contributed by atoms with van der Waals surface area (Å²) in [6.45, 7) is 1.90. The van der Waals surface area contributed by atoms with Crippen molar-refractivity contribution in [3.63, 3.8) is 0 Å². The van der Waals surface area contributed by atoms with E-state index in [0.717, 1.165) is 11.1 Å². The second-order valence-corrected chi connectivity index (χ2v) is 3.79. The van der Waals surface area contributed by atoms with E-state index in [9.17, 15) is 5.11 Å². The maximum Gasteiger partial charge on any atom is 0.118 e. The molecule has 16 heavy (non-hydrogen) atoms. The van der Waals surface area contributed by atoms with Crippen LogP contribution in [0.1, 0.15) is 16.7 Å². The fraction of sp³-hybridized carbons (Fsp3) is 0.0667. The predicted molar refractivity (Wildman–Crippen MR) is 68.2 cm³/mol. The number of phenols is 1. The molecule has 80 valence electrons. The summed E-state index contributed by atoms with van der Waals surface area (Å²) in [6.07, 6.45) is 4.10. The molecule has 0 aliphatic rings. The number of aryl methyl sites for hydroxylation is 1. The molecule has 0 amide bonds. The molecule has 0 unspecified atom stereocenters. The van der Waals surface area contributed by atoms with Crippen LogP contribution in [0.4, 0.5) is 0 Å². The van der Waals surface area contributed by atoms with Crippen molar-refractivity contribution in [1.82, 2.24) is 0 Å². The van der Waals surface area contributed by atoms with Crippen molar-refractivity contribution in [3.8, 4) is 5.75 Å². The monoisotopic (exact) mass is 210 g/mol. The first-order valence-electron chi connectivity index (χ1n) is 5.28. The Morgan fingerprint density at radius 3 is 2.25 bits per heavy atom. The lowest BCUT2D eigenvalue weighted by molar-refractivity contribution is 0.471. The average Bonchev–Trinajstić information content (AvgIpc) is 2.32. The van der Waals surface area contributed by atoms with Gasteiger partial charge in [0, 0.05) is 0 Å². The fourth-order valence-electron chi connectivity index (χ4n) is 1.54. The summed E-state index contributed by atoms with van der Waals surface area (Å²) in [7, 11) is 0. The number of hydrogen-bond acceptors (Lipinski definition) is 1. The fourth-order valence-corrected chi connectivity index (χ4v) is 1.54. The lowest BCUT2D eigenvalue weighted by Crippen LogP contribution is -1.77. The molecule has 0 saturated carbocycles. The molecule has 0 heterocycles. The molecule has 1 N–H and O–H groups in total.